The number of aliphatic imine (C=N–C) groups is 1. The molecule has 1 heterocycles. The van der Waals surface area contributed by atoms with Crippen LogP contribution >= 0.6 is 11.6 Å². The molecule has 0 amide bonds. The molecule has 2 aliphatic rings. The van der Waals surface area contributed by atoms with Crippen molar-refractivity contribution in [1.82, 2.24) is 0 Å². The number of ether oxygens (including phenoxy) is 1. The Balaban J connectivity index is 2.16. The van der Waals surface area contributed by atoms with Gasteiger partial charge in [0.25, 0.3) is 0 Å². The average Bonchev–Trinajstić information content (AvgIpc) is 2.47. The van der Waals surface area contributed by atoms with Gasteiger partial charge in [-0.25, -0.2) is 0 Å². The van der Waals surface area contributed by atoms with Gasteiger partial charge in [0.15, 0.2) is 0 Å². The summed E-state index contributed by atoms with van der Waals surface area (Å²) in [4.78, 5) is 17.4. The van der Waals surface area contributed by atoms with Gasteiger partial charge in [0.05, 0.1) is 0 Å². The summed E-state index contributed by atoms with van der Waals surface area (Å²) in [5.74, 6) is 0.475. The number of hydrogen-bond acceptors (Lipinski definition) is 4. The predicted octanol–water partition coefficient (Wildman–Crippen LogP) is 1.73. The van der Waals surface area contributed by atoms with Gasteiger partial charge in [-0.05, 0) is 0 Å². The third kappa shape index (κ3) is 2.42. The number of benzene rings is 1. The molecular formula is C15H17ClN2O2Se. The van der Waals surface area contributed by atoms with Gasteiger partial charge in [-0.15, -0.1) is 0 Å². The standard InChI is InChI=1S/C15H17ClN2O2Se/c16-10-5-2-1-4-9(10)15-7-3-6-12(13(15)19)20-14(18-15)11(17)8-21/h1-2,4-5,11-12,21H,3,6-8,17H2. The third-order valence-electron chi connectivity index (χ3n) is 4.10. The number of carbonyl (C=O) groups excluding carboxylic acids is 1. The van der Waals surface area contributed by atoms with Crippen LogP contribution in [0.1, 0.15) is 24.8 Å². The van der Waals surface area contributed by atoms with Gasteiger partial charge in [0.2, 0.25) is 0 Å². The van der Waals surface area contributed by atoms with Crippen LogP contribution in [0.2, 0.25) is 10.3 Å². The Hall–Kier alpha value is -0.871. The Bertz CT molecular complexity index is 607. The van der Waals surface area contributed by atoms with Crippen molar-refractivity contribution in [1.29, 1.82) is 0 Å². The van der Waals surface area contributed by atoms with Gasteiger partial charge < -0.3 is 0 Å². The molecule has 6 heteroatoms. The van der Waals surface area contributed by atoms with Crippen LogP contribution in [0.5, 0.6) is 0 Å². The molecule has 1 aromatic carbocycles. The van der Waals surface area contributed by atoms with Crippen LogP contribution in [0.3, 0.4) is 0 Å². The second kappa shape index (κ2) is 5.73. The van der Waals surface area contributed by atoms with Crippen LogP contribution in [-0.4, -0.2) is 39.8 Å². The van der Waals surface area contributed by atoms with Gasteiger partial charge >= 0.3 is 137 Å². The van der Waals surface area contributed by atoms with Gasteiger partial charge in [0.1, 0.15) is 0 Å². The summed E-state index contributed by atoms with van der Waals surface area (Å²) < 4.78 is 5.73. The number of nitrogens with two attached hydrogens (primary N) is 1. The number of ketones is 1. The molecule has 3 unspecified atom stereocenters. The van der Waals surface area contributed by atoms with Crippen molar-refractivity contribution >= 4 is 39.3 Å². The van der Waals surface area contributed by atoms with E-state index in [4.69, 9.17) is 22.1 Å². The van der Waals surface area contributed by atoms with E-state index in [-0.39, 0.29) is 11.8 Å². The summed E-state index contributed by atoms with van der Waals surface area (Å²) in [5, 5.41) is 1.23. The summed E-state index contributed by atoms with van der Waals surface area (Å²) in [6.45, 7) is 0. The second-order valence-electron chi connectivity index (χ2n) is 5.44. The quantitative estimate of drug-likeness (QED) is 0.823. The number of hydrogen-bond donors (Lipinski definition) is 1. The van der Waals surface area contributed by atoms with Crippen molar-refractivity contribution < 1.29 is 9.53 Å². The topological polar surface area (TPSA) is 64.7 Å². The second-order valence-corrected chi connectivity index (χ2v) is 6.62. The number of carbonyl (C=O) groups is 1. The molecule has 0 radical (unpaired) electrons. The Morgan fingerprint density at radius 1 is 1.52 bits per heavy atom. The van der Waals surface area contributed by atoms with Crippen molar-refractivity contribution in [2.24, 2.45) is 10.7 Å². The molecule has 3 atom stereocenters. The van der Waals surface area contributed by atoms with Crippen LogP contribution < -0.4 is 5.73 Å². The normalized spacial score (nSPS) is 29.6. The zero-order chi connectivity index (χ0) is 15.0. The molecule has 1 aromatic rings. The molecule has 4 nitrogen and oxygen atoms in total. The maximum atomic E-state index is 12.8. The first kappa shape index (κ1) is 15.0. The third-order valence-corrected chi connectivity index (χ3v) is 5.26. The molecule has 2 bridgehead atoms. The minimum atomic E-state index is -0.922. The molecular weight excluding hydrogens is 355 g/mol. The molecule has 3 rings (SSSR count). The fraction of sp³-hybridized carbons (Fsp3) is 0.467. The number of fused-ring (bicyclic) bond motifs is 2. The Morgan fingerprint density at radius 3 is 3.00 bits per heavy atom. The predicted molar refractivity (Wildman–Crippen MR) is 84.2 cm³/mol. The van der Waals surface area contributed by atoms with E-state index < -0.39 is 11.6 Å². The monoisotopic (exact) mass is 372 g/mol. The van der Waals surface area contributed by atoms with E-state index in [1.165, 1.54) is 0 Å². The maximum absolute atomic E-state index is 12.8. The molecule has 0 saturated heterocycles. The van der Waals surface area contributed by atoms with Crippen molar-refractivity contribution in [3.63, 3.8) is 0 Å². The number of rotatable bonds is 3. The molecule has 112 valence electrons. The fourth-order valence-corrected chi connectivity index (χ4v) is 3.64. The SMILES string of the molecule is NC(C[SeH])C1=NC2(c3ccccc3Cl)CCCC(O1)C2=O. The van der Waals surface area contributed by atoms with E-state index in [2.05, 4.69) is 21.0 Å². The summed E-state index contributed by atoms with van der Waals surface area (Å²) in [6.07, 6.45) is 1.81. The van der Waals surface area contributed by atoms with Crippen LogP contribution in [0.4, 0.5) is 0 Å². The van der Waals surface area contributed by atoms with Crippen molar-refractivity contribution in [3.8, 4) is 0 Å². The van der Waals surface area contributed by atoms with E-state index >= 15 is 0 Å². The Morgan fingerprint density at radius 2 is 2.29 bits per heavy atom. The van der Waals surface area contributed by atoms with Crippen molar-refractivity contribution in [2.75, 3.05) is 0 Å². The fourth-order valence-electron chi connectivity index (χ4n) is 3.02. The Kier molecular flexibility index (Phi) is 4.10. The molecule has 1 fully saturated rings. The number of Topliss-reactive ketones (excluding diaryl/α,β-unsaturated/α-hetero) is 1. The van der Waals surface area contributed by atoms with E-state index in [1.807, 2.05) is 18.2 Å². The molecule has 2 N–H and O–H groups in total. The van der Waals surface area contributed by atoms with Gasteiger partial charge in [-0.3, -0.25) is 0 Å². The first-order valence-electron chi connectivity index (χ1n) is 7.00. The van der Waals surface area contributed by atoms with Gasteiger partial charge in [0, 0.05) is 0 Å². The van der Waals surface area contributed by atoms with Crippen LogP contribution in [0.25, 0.3) is 0 Å². The number of nitrogens with zero attached hydrogens (tertiary/aromatic N) is 1. The first-order chi connectivity index (χ1) is 10.1. The molecule has 0 spiro atoms. The van der Waals surface area contributed by atoms with Crippen LogP contribution in [0.15, 0.2) is 29.3 Å². The summed E-state index contributed by atoms with van der Waals surface area (Å²) in [7, 11) is 0. The van der Waals surface area contributed by atoms with Crippen molar-refractivity contribution in [2.45, 2.75) is 42.3 Å². The Labute approximate surface area is 136 Å². The molecule has 1 saturated carbocycles. The van der Waals surface area contributed by atoms with E-state index in [0.29, 0.717) is 22.7 Å². The molecule has 21 heavy (non-hydrogen) atoms. The molecule has 0 aromatic heterocycles. The average molecular weight is 372 g/mol. The summed E-state index contributed by atoms with van der Waals surface area (Å²) >= 11 is 8.76. The van der Waals surface area contributed by atoms with Crippen molar-refractivity contribution in [3.05, 3.63) is 34.9 Å². The van der Waals surface area contributed by atoms with Gasteiger partial charge in [-0.1, -0.05) is 0 Å². The zero-order valence-electron chi connectivity index (χ0n) is 11.5. The molecule has 1 aliphatic carbocycles. The van der Waals surface area contributed by atoms with Crippen LogP contribution in [-0.2, 0) is 15.1 Å². The zero-order valence-corrected chi connectivity index (χ0v) is 14.1. The van der Waals surface area contributed by atoms with Gasteiger partial charge in [-0.2, -0.15) is 0 Å². The van der Waals surface area contributed by atoms with Crippen LogP contribution in [0, 0.1) is 0 Å². The van der Waals surface area contributed by atoms with E-state index in [1.54, 1.807) is 6.07 Å². The first-order valence-corrected chi connectivity index (χ1v) is 8.71. The summed E-state index contributed by atoms with van der Waals surface area (Å²) in [5.41, 5.74) is 5.90. The number of halogens is 1. The van der Waals surface area contributed by atoms with E-state index in [0.717, 1.165) is 18.4 Å². The van der Waals surface area contributed by atoms with E-state index in [9.17, 15) is 4.79 Å². The molecule has 1 aliphatic heterocycles. The minimum absolute atomic E-state index is 0.00314. The summed E-state index contributed by atoms with van der Waals surface area (Å²) in [6, 6.07) is 7.10.